The molecule has 1 heterocycles. The third kappa shape index (κ3) is 3.78. The van der Waals surface area contributed by atoms with Crippen LogP contribution in [0.3, 0.4) is 0 Å². The maximum atomic E-state index is 6.58. The summed E-state index contributed by atoms with van der Waals surface area (Å²) < 4.78 is 0. The molecular weight excluding hydrogens is 236 g/mol. The molecule has 2 rings (SSSR count). The highest BCUT2D eigenvalue weighted by Gasteiger charge is 2.20. The van der Waals surface area contributed by atoms with Gasteiger partial charge in [0.15, 0.2) is 0 Å². The minimum Gasteiger partial charge on any atom is -0.149 e. The van der Waals surface area contributed by atoms with Crippen molar-refractivity contribution in [2.45, 2.75) is 56.7 Å². The fraction of sp³-hybridized carbons (Fsp3) is 0.714. The van der Waals surface area contributed by atoms with Crippen LogP contribution in [0.15, 0.2) is 17.5 Å². The average Bonchev–Trinajstić information content (AvgIpc) is 2.69. The van der Waals surface area contributed by atoms with Gasteiger partial charge in [-0.25, -0.2) is 0 Å². The maximum Gasteiger partial charge on any atom is 0.0412 e. The van der Waals surface area contributed by atoms with Crippen LogP contribution < -0.4 is 0 Å². The first kappa shape index (κ1) is 12.4. The minimum atomic E-state index is 0.358. The van der Waals surface area contributed by atoms with Gasteiger partial charge in [0.25, 0.3) is 0 Å². The Balaban J connectivity index is 1.84. The van der Waals surface area contributed by atoms with Gasteiger partial charge in [0, 0.05) is 10.3 Å². The normalized spacial score (nSPS) is 21.3. The van der Waals surface area contributed by atoms with Crippen molar-refractivity contribution in [1.29, 1.82) is 0 Å². The Kier molecular flexibility index (Phi) is 5.18. The van der Waals surface area contributed by atoms with Crippen LogP contribution in [-0.4, -0.2) is 5.38 Å². The summed E-state index contributed by atoms with van der Waals surface area (Å²) in [5.41, 5.74) is 0. The number of thiophene rings is 1. The van der Waals surface area contributed by atoms with Gasteiger partial charge in [-0.15, -0.1) is 22.9 Å². The largest absolute Gasteiger partial charge is 0.149 e. The predicted molar refractivity (Wildman–Crippen MR) is 73.5 cm³/mol. The molecule has 1 saturated carbocycles. The van der Waals surface area contributed by atoms with E-state index in [4.69, 9.17) is 11.6 Å². The van der Waals surface area contributed by atoms with Crippen LogP contribution >= 0.6 is 22.9 Å². The Hall–Kier alpha value is -0.0100. The van der Waals surface area contributed by atoms with Gasteiger partial charge in [0.05, 0.1) is 0 Å². The van der Waals surface area contributed by atoms with E-state index in [2.05, 4.69) is 17.5 Å². The summed E-state index contributed by atoms with van der Waals surface area (Å²) in [5, 5.41) is 2.51. The summed E-state index contributed by atoms with van der Waals surface area (Å²) in [6, 6.07) is 4.34. The molecule has 16 heavy (non-hydrogen) atoms. The lowest BCUT2D eigenvalue weighted by atomic mass is 9.87. The number of hydrogen-bond donors (Lipinski definition) is 0. The highest BCUT2D eigenvalue weighted by atomic mass is 35.5. The zero-order chi connectivity index (χ0) is 11.2. The van der Waals surface area contributed by atoms with Crippen molar-refractivity contribution in [2.75, 3.05) is 0 Å². The van der Waals surface area contributed by atoms with Crippen molar-refractivity contribution < 1.29 is 0 Å². The lowest BCUT2D eigenvalue weighted by Crippen LogP contribution is -2.18. The standard InChI is InChI=1S/C14H21ClS/c15-14(11-13-9-6-10-16-13)12-7-4-2-1-3-5-8-12/h6,9-10,12,14H,1-5,7-8,11H2. The number of alkyl halides is 1. The molecule has 0 nitrogen and oxygen atoms in total. The van der Waals surface area contributed by atoms with Gasteiger partial charge in [0.2, 0.25) is 0 Å². The van der Waals surface area contributed by atoms with Gasteiger partial charge in [0.1, 0.15) is 0 Å². The molecule has 0 aliphatic heterocycles. The van der Waals surface area contributed by atoms with Crippen molar-refractivity contribution in [1.82, 2.24) is 0 Å². The summed E-state index contributed by atoms with van der Waals surface area (Å²) in [5.74, 6) is 0.754. The molecule has 1 fully saturated rings. The van der Waals surface area contributed by atoms with Crippen LogP contribution in [0, 0.1) is 5.92 Å². The van der Waals surface area contributed by atoms with Crippen molar-refractivity contribution in [3.63, 3.8) is 0 Å². The molecule has 1 aliphatic carbocycles. The van der Waals surface area contributed by atoms with Gasteiger partial charge < -0.3 is 0 Å². The topological polar surface area (TPSA) is 0 Å². The second-order valence-corrected chi connectivity index (χ2v) is 6.50. The van der Waals surface area contributed by atoms with Crippen LogP contribution in [0.4, 0.5) is 0 Å². The molecule has 0 amide bonds. The lowest BCUT2D eigenvalue weighted by molar-refractivity contribution is 0.364. The fourth-order valence-corrected chi connectivity index (χ4v) is 3.91. The molecule has 90 valence electrons. The summed E-state index contributed by atoms with van der Waals surface area (Å²) in [7, 11) is 0. The fourth-order valence-electron chi connectivity index (χ4n) is 2.64. The quantitative estimate of drug-likeness (QED) is 0.648. The van der Waals surface area contributed by atoms with E-state index >= 15 is 0 Å². The van der Waals surface area contributed by atoms with Crippen LogP contribution in [-0.2, 0) is 6.42 Å². The van der Waals surface area contributed by atoms with Crippen LogP contribution in [0.1, 0.15) is 49.8 Å². The summed E-state index contributed by atoms with van der Waals surface area (Å²) >= 11 is 8.42. The van der Waals surface area contributed by atoms with Crippen molar-refractivity contribution in [3.8, 4) is 0 Å². The molecule has 1 aliphatic rings. The van der Waals surface area contributed by atoms with Gasteiger partial charge in [-0.1, -0.05) is 38.2 Å². The monoisotopic (exact) mass is 256 g/mol. The van der Waals surface area contributed by atoms with E-state index in [1.807, 2.05) is 11.3 Å². The van der Waals surface area contributed by atoms with Gasteiger partial charge in [-0.05, 0) is 36.6 Å². The van der Waals surface area contributed by atoms with E-state index in [0.717, 1.165) is 12.3 Å². The summed E-state index contributed by atoms with van der Waals surface area (Å²) in [6.07, 6.45) is 10.8. The first-order valence-electron chi connectivity index (χ1n) is 6.53. The Morgan fingerprint density at radius 2 is 1.88 bits per heavy atom. The van der Waals surface area contributed by atoms with Crippen LogP contribution in [0.5, 0.6) is 0 Å². The number of hydrogen-bond acceptors (Lipinski definition) is 1. The van der Waals surface area contributed by atoms with Crippen LogP contribution in [0.25, 0.3) is 0 Å². The molecule has 0 bridgehead atoms. The second kappa shape index (κ2) is 6.66. The lowest BCUT2D eigenvalue weighted by Gasteiger charge is -2.24. The van der Waals surface area contributed by atoms with E-state index in [-0.39, 0.29) is 0 Å². The van der Waals surface area contributed by atoms with Crippen molar-refractivity contribution in [2.24, 2.45) is 5.92 Å². The number of rotatable bonds is 3. The highest BCUT2D eigenvalue weighted by molar-refractivity contribution is 7.09. The van der Waals surface area contributed by atoms with E-state index in [1.54, 1.807) is 0 Å². The number of halogens is 1. The molecule has 0 radical (unpaired) electrons. The zero-order valence-corrected chi connectivity index (χ0v) is 11.4. The first-order valence-corrected chi connectivity index (χ1v) is 7.84. The Bertz CT molecular complexity index is 273. The molecule has 1 atom stereocenters. The molecule has 2 heteroatoms. The smallest absolute Gasteiger partial charge is 0.0412 e. The van der Waals surface area contributed by atoms with Gasteiger partial charge in [-0.2, -0.15) is 0 Å². The Morgan fingerprint density at radius 3 is 2.50 bits per heavy atom. The summed E-state index contributed by atoms with van der Waals surface area (Å²) in [6.45, 7) is 0. The maximum absolute atomic E-state index is 6.58. The Labute approximate surface area is 108 Å². The minimum absolute atomic E-state index is 0.358. The van der Waals surface area contributed by atoms with E-state index in [9.17, 15) is 0 Å². The molecule has 0 aromatic carbocycles. The molecule has 1 aromatic rings. The second-order valence-electron chi connectivity index (χ2n) is 4.90. The first-order chi connectivity index (χ1) is 7.86. The molecule has 0 N–H and O–H groups in total. The predicted octanol–water partition coefficient (Wildman–Crippen LogP) is 5.26. The third-order valence-corrected chi connectivity index (χ3v) is 5.05. The molecular formula is C14H21ClS. The van der Waals surface area contributed by atoms with E-state index < -0.39 is 0 Å². The molecule has 0 spiro atoms. The zero-order valence-electron chi connectivity index (χ0n) is 9.83. The summed E-state index contributed by atoms with van der Waals surface area (Å²) in [4.78, 5) is 1.45. The highest BCUT2D eigenvalue weighted by Crippen LogP contribution is 2.30. The SMILES string of the molecule is ClC(Cc1cccs1)C1CCCCCCC1. The van der Waals surface area contributed by atoms with Crippen molar-refractivity contribution >= 4 is 22.9 Å². The average molecular weight is 257 g/mol. The van der Waals surface area contributed by atoms with Crippen molar-refractivity contribution in [3.05, 3.63) is 22.4 Å². The molecule has 1 aromatic heterocycles. The van der Waals surface area contributed by atoms with Gasteiger partial charge >= 0.3 is 0 Å². The Morgan fingerprint density at radius 1 is 1.19 bits per heavy atom. The van der Waals surface area contributed by atoms with Gasteiger partial charge in [-0.3, -0.25) is 0 Å². The van der Waals surface area contributed by atoms with Crippen LogP contribution in [0.2, 0.25) is 0 Å². The molecule has 0 saturated heterocycles. The van der Waals surface area contributed by atoms with E-state index in [1.165, 1.54) is 49.8 Å². The van der Waals surface area contributed by atoms with E-state index in [0.29, 0.717) is 5.38 Å². The third-order valence-electron chi connectivity index (χ3n) is 3.64. The molecule has 1 unspecified atom stereocenters.